The molecule has 1 aromatic rings. The first-order valence-electron chi connectivity index (χ1n) is 9.08. The third-order valence-electron chi connectivity index (χ3n) is 5.04. The van der Waals surface area contributed by atoms with Crippen LogP contribution in [0, 0.1) is 5.92 Å². The molecular weight excluding hydrogens is 407 g/mol. The molecule has 0 aliphatic rings. The van der Waals surface area contributed by atoms with E-state index in [2.05, 4.69) is 38.8 Å². The van der Waals surface area contributed by atoms with Gasteiger partial charge < -0.3 is 9.16 Å². The van der Waals surface area contributed by atoms with Crippen LogP contribution in [0.15, 0.2) is 23.4 Å². The Morgan fingerprint density at radius 1 is 1.25 bits per heavy atom. The van der Waals surface area contributed by atoms with Gasteiger partial charge in [-0.3, -0.25) is 4.79 Å². The smallest absolute Gasteiger partial charge is 0.417 e. The maximum absolute atomic E-state index is 12.6. The molecule has 1 aromatic heterocycles. The van der Waals surface area contributed by atoms with E-state index in [0.29, 0.717) is 10.8 Å². The molecule has 0 radical (unpaired) electrons. The molecule has 2 unspecified atom stereocenters. The second-order valence-electron chi connectivity index (χ2n) is 8.37. The molecule has 9 heteroatoms. The Hall–Kier alpha value is -1.06. The van der Waals surface area contributed by atoms with Crippen molar-refractivity contribution < 1.29 is 27.1 Å². The van der Waals surface area contributed by atoms with Crippen molar-refractivity contribution >= 4 is 26.0 Å². The zero-order valence-electron chi connectivity index (χ0n) is 17.5. The molecule has 0 saturated heterocycles. The van der Waals surface area contributed by atoms with Crippen molar-refractivity contribution in [2.24, 2.45) is 5.92 Å². The Kier molecular flexibility index (Phi) is 8.58. The molecule has 1 heterocycles. The highest BCUT2D eigenvalue weighted by molar-refractivity contribution is 7.99. The topological polar surface area (TPSA) is 48.4 Å². The van der Waals surface area contributed by atoms with Crippen LogP contribution in [0.25, 0.3) is 0 Å². The Bertz CT molecular complexity index is 645. The van der Waals surface area contributed by atoms with E-state index in [1.54, 1.807) is 0 Å². The number of carbonyl (C=O) groups excluding carboxylic acids is 1. The predicted molar refractivity (Wildman–Crippen MR) is 108 cm³/mol. The lowest BCUT2D eigenvalue weighted by Crippen LogP contribution is -2.46. The summed E-state index contributed by atoms with van der Waals surface area (Å²) >= 11 is 1.35. The van der Waals surface area contributed by atoms with E-state index >= 15 is 0 Å². The quantitative estimate of drug-likeness (QED) is 0.293. The van der Waals surface area contributed by atoms with Crippen molar-refractivity contribution in [3.05, 3.63) is 23.9 Å². The van der Waals surface area contributed by atoms with E-state index in [9.17, 15) is 18.0 Å². The number of nitrogens with zero attached hydrogens (tertiary/aromatic N) is 1. The summed E-state index contributed by atoms with van der Waals surface area (Å²) in [5.41, 5.74) is -0.769. The summed E-state index contributed by atoms with van der Waals surface area (Å²) in [5.74, 6) is 0.213. The van der Waals surface area contributed by atoms with Crippen molar-refractivity contribution in [2.75, 3.05) is 12.9 Å². The number of pyridine rings is 1. The van der Waals surface area contributed by atoms with Gasteiger partial charge in [-0.25, -0.2) is 4.98 Å². The molecule has 0 amide bonds. The Balaban J connectivity index is 2.83. The van der Waals surface area contributed by atoms with Gasteiger partial charge in [-0.15, -0.1) is 11.8 Å². The monoisotopic (exact) mass is 437 g/mol. The van der Waals surface area contributed by atoms with E-state index < -0.39 is 20.1 Å². The number of hydrogen-bond donors (Lipinski definition) is 0. The summed E-state index contributed by atoms with van der Waals surface area (Å²) in [4.78, 5) is 15.7. The fourth-order valence-corrected chi connectivity index (χ4v) is 4.49. The Labute approximate surface area is 170 Å². The number of ether oxygens (including phenoxy) is 1. The van der Waals surface area contributed by atoms with Gasteiger partial charge in [0, 0.05) is 11.9 Å². The number of hydrogen-bond acceptors (Lipinski definition) is 5. The van der Waals surface area contributed by atoms with Gasteiger partial charge in [-0.1, -0.05) is 27.7 Å². The Morgan fingerprint density at radius 3 is 2.29 bits per heavy atom. The lowest BCUT2D eigenvalue weighted by Gasteiger charge is -2.40. The number of halogens is 3. The first-order chi connectivity index (χ1) is 12.7. The molecule has 0 saturated carbocycles. The minimum atomic E-state index is -4.40. The van der Waals surface area contributed by atoms with Crippen LogP contribution in [-0.2, 0) is 20.1 Å². The number of rotatable bonds is 8. The summed E-state index contributed by atoms with van der Waals surface area (Å²) in [6.45, 7) is 12.6. The molecule has 160 valence electrons. The maximum Gasteiger partial charge on any atom is 0.417 e. The molecule has 1 rings (SSSR count). The van der Waals surface area contributed by atoms with Crippen molar-refractivity contribution in [1.82, 2.24) is 4.98 Å². The first-order valence-corrected chi connectivity index (χ1v) is 13.0. The lowest BCUT2D eigenvalue weighted by molar-refractivity contribution is -0.143. The third kappa shape index (κ3) is 7.40. The van der Waals surface area contributed by atoms with Gasteiger partial charge in [0.15, 0.2) is 8.32 Å². The van der Waals surface area contributed by atoms with E-state index in [4.69, 9.17) is 9.16 Å². The van der Waals surface area contributed by atoms with Crippen LogP contribution in [0.2, 0.25) is 18.1 Å². The first kappa shape index (κ1) is 25.0. The van der Waals surface area contributed by atoms with E-state index in [1.165, 1.54) is 24.9 Å². The van der Waals surface area contributed by atoms with Crippen molar-refractivity contribution in [1.29, 1.82) is 0 Å². The second kappa shape index (κ2) is 9.62. The molecule has 2 atom stereocenters. The van der Waals surface area contributed by atoms with Crippen molar-refractivity contribution in [3.8, 4) is 0 Å². The minimum absolute atomic E-state index is 0.0107. The molecule has 0 aliphatic heterocycles. The Morgan fingerprint density at radius 2 is 1.86 bits per heavy atom. The van der Waals surface area contributed by atoms with Crippen LogP contribution >= 0.6 is 11.8 Å². The molecule has 0 aliphatic carbocycles. The highest BCUT2D eigenvalue weighted by Crippen LogP contribution is 2.39. The standard InChI is InChI=1S/C19H30F3NO3SSi/c1-13(12-27-16-9-8-14(11-23-16)19(20,21)22)15(10-17(24)25-5)26-28(6,7)18(2,3)4/h8-9,11,13,15H,10,12H2,1-7H3. The van der Waals surface area contributed by atoms with Crippen LogP contribution in [0.3, 0.4) is 0 Å². The van der Waals surface area contributed by atoms with Crippen LogP contribution in [0.4, 0.5) is 13.2 Å². The van der Waals surface area contributed by atoms with Gasteiger partial charge in [0.1, 0.15) is 0 Å². The van der Waals surface area contributed by atoms with E-state index in [1.807, 2.05) is 6.92 Å². The van der Waals surface area contributed by atoms with Gasteiger partial charge in [0.2, 0.25) is 0 Å². The molecule has 0 spiro atoms. The number of alkyl halides is 3. The van der Waals surface area contributed by atoms with Crippen molar-refractivity contribution in [3.63, 3.8) is 0 Å². The number of aromatic nitrogens is 1. The largest absolute Gasteiger partial charge is 0.469 e. The van der Waals surface area contributed by atoms with Gasteiger partial charge in [0.05, 0.1) is 30.2 Å². The maximum atomic E-state index is 12.6. The van der Waals surface area contributed by atoms with Crippen LogP contribution in [0.5, 0.6) is 0 Å². The van der Waals surface area contributed by atoms with Crippen LogP contribution in [0.1, 0.15) is 39.7 Å². The van der Waals surface area contributed by atoms with E-state index in [-0.39, 0.29) is 29.5 Å². The highest BCUT2D eigenvalue weighted by Gasteiger charge is 2.40. The fraction of sp³-hybridized carbons (Fsp3) is 0.684. The number of thioether (sulfide) groups is 1. The van der Waals surface area contributed by atoms with Gasteiger partial charge in [-0.2, -0.15) is 13.2 Å². The molecule has 0 N–H and O–H groups in total. The van der Waals surface area contributed by atoms with Crippen LogP contribution < -0.4 is 0 Å². The average Bonchev–Trinajstić information content (AvgIpc) is 2.57. The summed E-state index contributed by atoms with van der Waals surface area (Å²) in [6, 6.07) is 2.39. The number of methoxy groups -OCH3 is 1. The highest BCUT2D eigenvalue weighted by atomic mass is 32.2. The summed E-state index contributed by atoms with van der Waals surface area (Å²) in [5, 5.41) is 0.493. The normalized spacial score (nSPS) is 15.2. The summed E-state index contributed by atoms with van der Waals surface area (Å²) in [6.07, 6.45) is -3.74. The van der Waals surface area contributed by atoms with Gasteiger partial charge in [0.25, 0.3) is 0 Å². The molecule has 0 bridgehead atoms. The number of carbonyl (C=O) groups is 1. The average molecular weight is 438 g/mol. The fourth-order valence-electron chi connectivity index (χ4n) is 2.12. The van der Waals surface area contributed by atoms with E-state index in [0.717, 1.165) is 12.3 Å². The molecular formula is C19H30F3NO3SSi. The summed E-state index contributed by atoms with van der Waals surface area (Å²) in [7, 11) is -0.760. The predicted octanol–water partition coefficient (Wildman–Crippen LogP) is 5.78. The minimum Gasteiger partial charge on any atom is -0.469 e. The van der Waals surface area contributed by atoms with Gasteiger partial charge in [-0.05, 0) is 36.2 Å². The molecule has 4 nitrogen and oxygen atoms in total. The zero-order valence-corrected chi connectivity index (χ0v) is 19.3. The lowest BCUT2D eigenvalue weighted by atomic mass is 10.0. The van der Waals surface area contributed by atoms with Gasteiger partial charge >= 0.3 is 12.1 Å². The zero-order chi connectivity index (χ0) is 21.8. The van der Waals surface area contributed by atoms with Crippen molar-refractivity contribution in [2.45, 2.75) is 69.6 Å². The third-order valence-corrected chi connectivity index (χ3v) is 10.8. The second-order valence-corrected chi connectivity index (χ2v) is 14.2. The SMILES string of the molecule is COC(=O)CC(O[Si](C)(C)C(C)(C)C)C(C)CSc1ccc(C(F)(F)F)cn1. The summed E-state index contributed by atoms with van der Waals surface area (Å²) < 4.78 is 49.2. The molecule has 28 heavy (non-hydrogen) atoms. The number of esters is 1. The molecule has 0 fully saturated rings. The molecule has 0 aromatic carbocycles. The van der Waals surface area contributed by atoms with Crippen LogP contribution in [-0.4, -0.2) is 38.2 Å².